The summed E-state index contributed by atoms with van der Waals surface area (Å²) in [6.45, 7) is 0.966. The minimum Gasteiger partial charge on any atom is -0.485 e. The minimum absolute atomic E-state index is 0.196. The largest absolute Gasteiger partial charge is 0.485 e. The fourth-order valence-electron chi connectivity index (χ4n) is 2.89. The lowest BCUT2D eigenvalue weighted by Crippen LogP contribution is -2.19. The van der Waals surface area contributed by atoms with Gasteiger partial charge >= 0.3 is 0 Å². The van der Waals surface area contributed by atoms with Crippen molar-refractivity contribution in [1.29, 1.82) is 0 Å². The van der Waals surface area contributed by atoms with Gasteiger partial charge in [-0.25, -0.2) is 8.78 Å². The summed E-state index contributed by atoms with van der Waals surface area (Å²) in [6, 6.07) is 3.32. The quantitative estimate of drug-likeness (QED) is 0.501. The molecule has 7 nitrogen and oxygen atoms in total. The number of ketones is 1. The number of benzene rings is 1. The van der Waals surface area contributed by atoms with E-state index in [2.05, 4.69) is 10.2 Å². The Morgan fingerprint density at radius 2 is 2.07 bits per heavy atom. The SMILES string of the molecule is CC(=O)c1c(F)cc(F)cc1OCc1nnc2n(C)c(=O)c3sccc3n12. The Kier molecular flexibility index (Phi) is 3.99. The van der Waals surface area contributed by atoms with Gasteiger partial charge in [-0.15, -0.1) is 21.5 Å². The lowest BCUT2D eigenvalue weighted by Gasteiger charge is -2.10. The highest BCUT2D eigenvalue weighted by Gasteiger charge is 2.19. The molecule has 0 bridgehead atoms. The number of thiophene rings is 1. The van der Waals surface area contributed by atoms with E-state index in [1.165, 1.54) is 22.8 Å². The number of Topliss-reactive ketones (excluding diaryl/α,β-unsaturated/α-hetero) is 1. The van der Waals surface area contributed by atoms with Gasteiger partial charge in [-0.05, 0) is 18.4 Å². The zero-order valence-corrected chi connectivity index (χ0v) is 15.0. The molecule has 0 radical (unpaired) electrons. The number of nitrogens with zero attached hydrogens (tertiary/aromatic N) is 4. The molecule has 4 rings (SSSR count). The molecule has 4 aromatic rings. The second-order valence-corrected chi connectivity index (χ2v) is 6.77. The summed E-state index contributed by atoms with van der Waals surface area (Å²) in [7, 11) is 1.58. The van der Waals surface area contributed by atoms with E-state index >= 15 is 0 Å². The van der Waals surface area contributed by atoms with Crippen LogP contribution >= 0.6 is 11.3 Å². The van der Waals surface area contributed by atoms with Gasteiger partial charge in [0.25, 0.3) is 5.56 Å². The average molecular weight is 390 g/mol. The molecule has 0 saturated heterocycles. The van der Waals surface area contributed by atoms with Crippen molar-refractivity contribution in [3.05, 3.63) is 57.0 Å². The molecule has 10 heteroatoms. The first-order valence-electron chi connectivity index (χ1n) is 7.81. The zero-order chi connectivity index (χ0) is 19.3. The van der Waals surface area contributed by atoms with E-state index in [0.29, 0.717) is 27.9 Å². The number of hydrogen-bond acceptors (Lipinski definition) is 6. The molecule has 0 aliphatic carbocycles. The third-order valence-corrected chi connectivity index (χ3v) is 5.02. The van der Waals surface area contributed by atoms with Gasteiger partial charge < -0.3 is 4.74 Å². The van der Waals surface area contributed by atoms with Gasteiger partial charge in [-0.2, -0.15) is 0 Å². The van der Waals surface area contributed by atoms with Gasteiger partial charge in [-0.3, -0.25) is 18.6 Å². The van der Waals surface area contributed by atoms with Crippen LogP contribution in [-0.4, -0.2) is 24.9 Å². The maximum absolute atomic E-state index is 13.9. The lowest BCUT2D eigenvalue weighted by molar-refractivity contribution is 0.100. The minimum atomic E-state index is -0.994. The highest BCUT2D eigenvalue weighted by atomic mass is 32.1. The standard InChI is InChI=1S/C17H12F2N4O3S/c1-8(24)14-10(19)5-9(18)6-12(14)26-7-13-20-21-17-22(2)16(25)15-11(23(13)17)3-4-27-15/h3-6H,7H2,1-2H3. The van der Waals surface area contributed by atoms with Gasteiger partial charge in [0.2, 0.25) is 5.78 Å². The number of hydrogen-bond donors (Lipinski definition) is 0. The molecule has 0 fully saturated rings. The van der Waals surface area contributed by atoms with Crippen LogP contribution in [0.4, 0.5) is 8.78 Å². The molecule has 1 aromatic carbocycles. The summed E-state index contributed by atoms with van der Waals surface area (Å²) in [5.74, 6) is -2.03. The van der Waals surface area contributed by atoms with Crippen LogP contribution in [0.25, 0.3) is 16.0 Å². The number of aromatic nitrogens is 4. The van der Waals surface area contributed by atoms with Crippen LogP contribution in [0.2, 0.25) is 0 Å². The number of carbonyl (C=O) groups is 1. The molecule has 0 aliphatic heterocycles. The van der Waals surface area contributed by atoms with Crippen molar-refractivity contribution in [2.45, 2.75) is 13.5 Å². The van der Waals surface area contributed by atoms with Gasteiger partial charge in [0, 0.05) is 19.2 Å². The molecule has 0 unspecified atom stereocenters. The molecular formula is C17H12F2N4O3S. The molecule has 138 valence electrons. The van der Waals surface area contributed by atoms with Gasteiger partial charge in [0.15, 0.2) is 11.6 Å². The van der Waals surface area contributed by atoms with Crippen LogP contribution in [0.15, 0.2) is 28.4 Å². The van der Waals surface area contributed by atoms with E-state index < -0.39 is 17.4 Å². The first kappa shape index (κ1) is 17.3. The fourth-order valence-corrected chi connectivity index (χ4v) is 3.74. The molecule has 0 amide bonds. The Balaban J connectivity index is 1.81. The number of carbonyl (C=O) groups excluding carboxylic acids is 1. The summed E-state index contributed by atoms with van der Waals surface area (Å²) in [6.07, 6.45) is 0. The van der Waals surface area contributed by atoms with Gasteiger partial charge in [0.05, 0.1) is 11.1 Å². The lowest BCUT2D eigenvalue weighted by atomic mass is 10.1. The van der Waals surface area contributed by atoms with Crippen molar-refractivity contribution in [3.63, 3.8) is 0 Å². The van der Waals surface area contributed by atoms with E-state index in [1.54, 1.807) is 22.9 Å². The van der Waals surface area contributed by atoms with Crippen LogP contribution in [0.1, 0.15) is 23.1 Å². The van der Waals surface area contributed by atoms with Gasteiger partial charge in [0.1, 0.15) is 28.7 Å². The average Bonchev–Trinajstić information content (AvgIpc) is 3.23. The molecule has 3 aromatic heterocycles. The number of aryl methyl sites for hydroxylation is 1. The Morgan fingerprint density at radius 1 is 1.30 bits per heavy atom. The van der Waals surface area contributed by atoms with E-state index in [4.69, 9.17) is 4.74 Å². The Bertz CT molecular complexity index is 1270. The molecule has 0 saturated carbocycles. The highest BCUT2D eigenvalue weighted by Crippen LogP contribution is 2.25. The summed E-state index contributed by atoms with van der Waals surface area (Å²) in [5.41, 5.74) is 0.0793. The summed E-state index contributed by atoms with van der Waals surface area (Å²) in [4.78, 5) is 24.0. The van der Waals surface area contributed by atoms with Crippen molar-refractivity contribution < 1.29 is 18.3 Å². The van der Waals surface area contributed by atoms with Crippen molar-refractivity contribution in [2.24, 2.45) is 7.05 Å². The second-order valence-electron chi connectivity index (χ2n) is 5.86. The Morgan fingerprint density at radius 3 is 2.81 bits per heavy atom. The Labute approximate surface area is 154 Å². The normalized spacial score (nSPS) is 11.4. The number of fused-ring (bicyclic) bond motifs is 3. The summed E-state index contributed by atoms with van der Waals surface area (Å²) in [5, 5.41) is 9.79. The molecule has 0 spiro atoms. The van der Waals surface area contributed by atoms with Crippen molar-refractivity contribution in [3.8, 4) is 5.75 Å². The number of rotatable bonds is 4. The van der Waals surface area contributed by atoms with E-state index in [0.717, 1.165) is 6.07 Å². The first-order chi connectivity index (χ1) is 12.9. The number of ether oxygens (including phenoxy) is 1. The first-order valence-corrected chi connectivity index (χ1v) is 8.69. The topological polar surface area (TPSA) is 78.5 Å². The predicted molar refractivity (Wildman–Crippen MR) is 94.3 cm³/mol. The Hall–Kier alpha value is -3.14. The highest BCUT2D eigenvalue weighted by molar-refractivity contribution is 7.17. The van der Waals surface area contributed by atoms with Crippen LogP contribution < -0.4 is 10.3 Å². The third-order valence-electron chi connectivity index (χ3n) is 4.12. The van der Waals surface area contributed by atoms with Crippen molar-refractivity contribution in [1.82, 2.24) is 19.2 Å². The fraction of sp³-hybridized carbons (Fsp3) is 0.176. The molecule has 0 atom stereocenters. The summed E-state index contributed by atoms with van der Waals surface area (Å²) >= 11 is 1.29. The van der Waals surface area contributed by atoms with Crippen LogP contribution in [-0.2, 0) is 13.7 Å². The molecule has 0 N–H and O–H groups in total. The van der Waals surface area contributed by atoms with Crippen molar-refractivity contribution >= 4 is 33.1 Å². The van der Waals surface area contributed by atoms with Crippen molar-refractivity contribution in [2.75, 3.05) is 0 Å². The van der Waals surface area contributed by atoms with Crippen LogP contribution in [0.3, 0.4) is 0 Å². The number of halogens is 2. The maximum Gasteiger partial charge on any atom is 0.272 e. The molecule has 0 aliphatic rings. The maximum atomic E-state index is 13.9. The van der Waals surface area contributed by atoms with Crippen LogP contribution in [0, 0.1) is 11.6 Å². The zero-order valence-electron chi connectivity index (χ0n) is 14.2. The third kappa shape index (κ3) is 2.69. The smallest absolute Gasteiger partial charge is 0.272 e. The van der Waals surface area contributed by atoms with Gasteiger partial charge in [-0.1, -0.05) is 0 Å². The van der Waals surface area contributed by atoms with Crippen LogP contribution in [0.5, 0.6) is 5.75 Å². The van der Waals surface area contributed by atoms with E-state index in [1.807, 2.05) is 0 Å². The molecule has 27 heavy (non-hydrogen) atoms. The van der Waals surface area contributed by atoms with E-state index in [-0.39, 0.29) is 23.5 Å². The molecular weight excluding hydrogens is 378 g/mol. The monoisotopic (exact) mass is 390 g/mol. The second kappa shape index (κ2) is 6.23. The summed E-state index contributed by atoms with van der Waals surface area (Å²) < 4.78 is 36.5. The van der Waals surface area contributed by atoms with E-state index in [9.17, 15) is 18.4 Å². The molecule has 3 heterocycles. The predicted octanol–water partition coefficient (Wildman–Crippen LogP) is 2.70.